The van der Waals surface area contributed by atoms with E-state index in [-0.39, 0.29) is 0 Å². The Morgan fingerprint density at radius 1 is 1.46 bits per heavy atom. The van der Waals surface area contributed by atoms with Gasteiger partial charge in [-0.3, -0.25) is 0 Å². The standard InChI is InChI=1S/C10H14N2O/c11-7-8-3-1-6-10(12-8)13-9-4-2-5-9/h1,3,6,9H,2,4-5,7,11H2. The molecule has 0 aromatic carbocycles. The van der Waals surface area contributed by atoms with Gasteiger partial charge in [-0.15, -0.1) is 0 Å². The first kappa shape index (κ1) is 8.51. The average Bonchev–Trinajstić information content (AvgIpc) is 2.12. The quantitative estimate of drug-likeness (QED) is 0.762. The Kier molecular flexibility index (Phi) is 2.45. The molecule has 0 radical (unpaired) electrons. The van der Waals surface area contributed by atoms with Crippen LogP contribution in [-0.2, 0) is 6.54 Å². The summed E-state index contributed by atoms with van der Waals surface area (Å²) in [6.07, 6.45) is 3.99. The minimum Gasteiger partial charge on any atom is -0.474 e. The molecular formula is C10H14N2O. The lowest BCUT2D eigenvalue weighted by Gasteiger charge is -2.25. The number of hydrogen-bond donors (Lipinski definition) is 1. The van der Waals surface area contributed by atoms with Crippen LogP contribution in [0.1, 0.15) is 25.0 Å². The van der Waals surface area contributed by atoms with Crippen LogP contribution in [-0.4, -0.2) is 11.1 Å². The highest BCUT2D eigenvalue weighted by Crippen LogP contribution is 2.23. The van der Waals surface area contributed by atoms with E-state index in [0.717, 1.165) is 18.5 Å². The summed E-state index contributed by atoms with van der Waals surface area (Å²) in [5, 5.41) is 0. The zero-order valence-corrected chi connectivity index (χ0v) is 7.57. The van der Waals surface area contributed by atoms with Crippen LogP contribution in [0.25, 0.3) is 0 Å². The fourth-order valence-electron chi connectivity index (χ4n) is 1.30. The third-order valence-electron chi connectivity index (χ3n) is 2.33. The summed E-state index contributed by atoms with van der Waals surface area (Å²) in [6, 6.07) is 5.73. The van der Waals surface area contributed by atoms with Gasteiger partial charge in [-0.2, -0.15) is 0 Å². The fraction of sp³-hybridized carbons (Fsp3) is 0.500. The van der Waals surface area contributed by atoms with E-state index in [0.29, 0.717) is 18.5 Å². The van der Waals surface area contributed by atoms with E-state index < -0.39 is 0 Å². The van der Waals surface area contributed by atoms with Crippen LogP contribution >= 0.6 is 0 Å². The van der Waals surface area contributed by atoms with E-state index >= 15 is 0 Å². The van der Waals surface area contributed by atoms with Gasteiger partial charge in [-0.25, -0.2) is 4.98 Å². The Bertz CT molecular complexity index is 284. The van der Waals surface area contributed by atoms with Gasteiger partial charge in [0.25, 0.3) is 0 Å². The molecule has 2 rings (SSSR count). The van der Waals surface area contributed by atoms with Gasteiger partial charge in [0.05, 0.1) is 5.69 Å². The minimum atomic E-state index is 0.389. The summed E-state index contributed by atoms with van der Waals surface area (Å²) in [5.41, 5.74) is 6.36. The summed E-state index contributed by atoms with van der Waals surface area (Å²) >= 11 is 0. The van der Waals surface area contributed by atoms with Crippen molar-refractivity contribution in [2.24, 2.45) is 5.73 Å². The van der Waals surface area contributed by atoms with Crippen molar-refractivity contribution < 1.29 is 4.74 Å². The van der Waals surface area contributed by atoms with Crippen molar-refractivity contribution in [2.75, 3.05) is 0 Å². The zero-order valence-electron chi connectivity index (χ0n) is 7.57. The second-order valence-corrected chi connectivity index (χ2v) is 3.34. The minimum absolute atomic E-state index is 0.389. The normalized spacial score (nSPS) is 16.7. The molecule has 1 heterocycles. The van der Waals surface area contributed by atoms with Crippen LogP contribution in [0.15, 0.2) is 18.2 Å². The molecule has 13 heavy (non-hydrogen) atoms. The topological polar surface area (TPSA) is 48.1 Å². The van der Waals surface area contributed by atoms with Crippen molar-refractivity contribution in [1.29, 1.82) is 0 Å². The first-order valence-electron chi connectivity index (χ1n) is 4.71. The van der Waals surface area contributed by atoms with E-state index in [2.05, 4.69) is 4.98 Å². The van der Waals surface area contributed by atoms with E-state index in [1.807, 2.05) is 18.2 Å². The molecule has 70 valence electrons. The number of pyridine rings is 1. The summed E-state index contributed by atoms with van der Waals surface area (Å²) in [7, 11) is 0. The molecule has 0 aliphatic heterocycles. The van der Waals surface area contributed by atoms with Gasteiger partial charge < -0.3 is 10.5 Å². The summed E-state index contributed by atoms with van der Waals surface area (Å²) in [4.78, 5) is 4.27. The maximum absolute atomic E-state index is 5.63. The van der Waals surface area contributed by atoms with Crippen molar-refractivity contribution >= 4 is 0 Å². The van der Waals surface area contributed by atoms with Crippen molar-refractivity contribution in [3.05, 3.63) is 23.9 Å². The summed E-state index contributed by atoms with van der Waals surface area (Å²) in [6.45, 7) is 0.474. The molecule has 0 bridgehead atoms. The Morgan fingerprint density at radius 2 is 2.31 bits per heavy atom. The zero-order chi connectivity index (χ0) is 9.10. The molecule has 1 aromatic rings. The molecule has 1 aliphatic rings. The molecule has 0 unspecified atom stereocenters. The number of nitrogens with zero attached hydrogens (tertiary/aromatic N) is 1. The molecule has 1 aromatic heterocycles. The number of aromatic nitrogens is 1. The number of ether oxygens (including phenoxy) is 1. The van der Waals surface area contributed by atoms with E-state index in [1.54, 1.807) is 0 Å². The molecule has 2 N–H and O–H groups in total. The molecule has 0 amide bonds. The molecule has 0 atom stereocenters. The summed E-state index contributed by atoms with van der Waals surface area (Å²) < 4.78 is 5.63. The Balaban J connectivity index is 2.01. The highest BCUT2D eigenvalue weighted by molar-refractivity contribution is 5.16. The SMILES string of the molecule is NCc1cccc(OC2CCC2)n1. The maximum Gasteiger partial charge on any atom is 0.213 e. The fourth-order valence-corrected chi connectivity index (χ4v) is 1.30. The van der Waals surface area contributed by atoms with E-state index in [4.69, 9.17) is 10.5 Å². The molecule has 1 aliphatic carbocycles. The van der Waals surface area contributed by atoms with Crippen LogP contribution in [0, 0.1) is 0 Å². The van der Waals surface area contributed by atoms with Crippen molar-refractivity contribution in [3.8, 4) is 5.88 Å². The number of rotatable bonds is 3. The molecule has 0 saturated heterocycles. The van der Waals surface area contributed by atoms with Crippen LogP contribution in [0.5, 0.6) is 5.88 Å². The first-order chi connectivity index (χ1) is 6.38. The van der Waals surface area contributed by atoms with Crippen molar-refractivity contribution in [3.63, 3.8) is 0 Å². The molecule has 0 spiro atoms. The van der Waals surface area contributed by atoms with Gasteiger partial charge in [0.15, 0.2) is 0 Å². The average molecular weight is 178 g/mol. The van der Waals surface area contributed by atoms with Crippen LogP contribution in [0.3, 0.4) is 0 Å². The molecule has 1 fully saturated rings. The Morgan fingerprint density at radius 3 is 2.92 bits per heavy atom. The lowest BCUT2D eigenvalue weighted by molar-refractivity contribution is 0.114. The highest BCUT2D eigenvalue weighted by atomic mass is 16.5. The maximum atomic E-state index is 5.63. The lowest BCUT2D eigenvalue weighted by Crippen LogP contribution is -2.25. The van der Waals surface area contributed by atoms with Gasteiger partial charge in [0.1, 0.15) is 6.10 Å². The van der Waals surface area contributed by atoms with Crippen LogP contribution < -0.4 is 10.5 Å². The van der Waals surface area contributed by atoms with Crippen LogP contribution in [0.2, 0.25) is 0 Å². The second-order valence-electron chi connectivity index (χ2n) is 3.34. The third-order valence-corrected chi connectivity index (χ3v) is 2.33. The number of nitrogens with two attached hydrogens (primary N) is 1. The number of hydrogen-bond acceptors (Lipinski definition) is 3. The van der Waals surface area contributed by atoms with Crippen LogP contribution in [0.4, 0.5) is 0 Å². The van der Waals surface area contributed by atoms with Gasteiger partial charge in [-0.1, -0.05) is 6.07 Å². The molecule has 3 heteroatoms. The second kappa shape index (κ2) is 3.75. The monoisotopic (exact) mass is 178 g/mol. The Labute approximate surface area is 77.9 Å². The third kappa shape index (κ3) is 1.98. The lowest BCUT2D eigenvalue weighted by atomic mass is 9.96. The first-order valence-corrected chi connectivity index (χ1v) is 4.71. The highest BCUT2D eigenvalue weighted by Gasteiger charge is 2.19. The molecule has 3 nitrogen and oxygen atoms in total. The Hall–Kier alpha value is -1.09. The predicted octanol–water partition coefficient (Wildman–Crippen LogP) is 1.47. The van der Waals surface area contributed by atoms with Gasteiger partial charge in [-0.05, 0) is 25.3 Å². The molecular weight excluding hydrogens is 164 g/mol. The van der Waals surface area contributed by atoms with E-state index in [1.165, 1.54) is 6.42 Å². The largest absolute Gasteiger partial charge is 0.474 e. The van der Waals surface area contributed by atoms with Crippen molar-refractivity contribution in [1.82, 2.24) is 4.98 Å². The van der Waals surface area contributed by atoms with Gasteiger partial charge in [0, 0.05) is 12.6 Å². The predicted molar refractivity (Wildman–Crippen MR) is 50.4 cm³/mol. The van der Waals surface area contributed by atoms with Gasteiger partial charge in [0.2, 0.25) is 5.88 Å². The smallest absolute Gasteiger partial charge is 0.213 e. The van der Waals surface area contributed by atoms with Crippen molar-refractivity contribution in [2.45, 2.75) is 31.9 Å². The molecule has 1 saturated carbocycles. The van der Waals surface area contributed by atoms with E-state index in [9.17, 15) is 0 Å². The van der Waals surface area contributed by atoms with Gasteiger partial charge >= 0.3 is 0 Å². The summed E-state index contributed by atoms with van der Waals surface area (Å²) in [5.74, 6) is 0.715.